The van der Waals surface area contributed by atoms with Gasteiger partial charge >= 0.3 is 6.18 Å². The quantitative estimate of drug-likeness (QED) is 0.646. The normalized spacial score (nSPS) is 15.4. The molecule has 4 rings (SSSR count). The van der Waals surface area contributed by atoms with E-state index >= 15 is 0 Å². The molecule has 7 nitrogen and oxygen atoms in total. The highest BCUT2D eigenvalue weighted by atomic mass is 35.5. The number of rotatable bonds is 3. The van der Waals surface area contributed by atoms with E-state index in [0.717, 1.165) is 10.1 Å². The summed E-state index contributed by atoms with van der Waals surface area (Å²) in [6, 6.07) is 8.83. The maximum atomic E-state index is 13.0. The number of amides is 1. The SMILES string of the molecule is Cc1cc(N2CCN(Cc3ccc(Cl)cc3)C(=O)C2)n2nc(C(F)(F)F)nc2n1. The zero-order valence-electron chi connectivity index (χ0n) is 15.3. The van der Waals surface area contributed by atoms with Crippen molar-refractivity contribution in [3.63, 3.8) is 0 Å². The van der Waals surface area contributed by atoms with Gasteiger partial charge in [0.15, 0.2) is 0 Å². The minimum absolute atomic E-state index is 0.0212. The molecule has 0 atom stereocenters. The highest BCUT2D eigenvalue weighted by Gasteiger charge is 2.37. The van der Waals surface area contributed by atoms with Crippen molar-refractivity contribution in [3.8, 4) is 0 Å². The fourth-order valence-electron chi connectivity index (χ4n) is 3.19. The van der Waals surface area contributed by atoms with Crippen LogP contribution in [0.25, 0.3) is 5.78 Å². The van der Waals surface area contributed by atoms with Crippen LogP contribution < -0.4 is 4.90 Å². The van der Waals surface area contributed by atoms with Gasteiger partial charge in [0, 0.05) is 36.4 Å². The Morgan fingerprint density at radius 3 is 2.52 bits per heavy atom. The molecule has 1 fully saturated rings. The number of anilines is 1. The van der Waals surface area contributed by atoms with Gasteiger partial charge in [-0.2, -0.15) is 22.7 Å². The van der Waals surface area contributed by atoms with Crippen molar-refractivity contribution >= 4 is 29.1 Å². The third-order valence-electron chi connectivity index (χ3n) is 4.60. The number of carbonyl (C=O) groups is 1. The number of hydrogen-bond acceptors (Lipinski definition) is 5. The van der Waals surface area contributed by atoms with Crippen molar-refractivity contribution in [2.75, 3.05) is 24.5 Å². The lowest BCUT2D eigenvalue weighted by molar-refractivity contribution is -0.144. The van der Waals surface area contributed by atoms with Crippen molar-refractivity contribution in [2.45, 2.75) is 19.6 Å². The molecule has 0 saturated carbocycles. The van der Waals surface area contributed by atoms with Gasteiger partial charge in [0.2, 0.25) is 5.91 Å². The van der Waals surface area contributed by atoms with Gasteiger partial charge in [-0.05, 0) is 24.6 Å². The topological polar surface area (TPSA) is 66.6 Å². The van der Waals surface area contributed by atoms with Crippen LogP contribution >= 0.6 is 11.6 Å². The second-order valence-electron chi connectivity index (χ2n) is 6.76. The number of alkyl halides is 3. The number of piperazine rings is 1. The molecule has 1 aromatic carbocycles. The number of aryl methyl sites for hydroxylation is 1. The summed E-state index contributed by atoms with van der Waals surface area (Å²) in [6.45, 7) is 2.98. The van der Waals surface area contributed by atoms with Gasteiger partial charge in [-0.15, -0.1) is 5.10 Å². The van der Waals surface area contributed by atoms with Gasteiger partial charge in [0.05, 0.1) is 6.54 Å². The molecule has 0 radical (unpaired) electrons. The van der Waals surface area contributed by atoms with Gasteiger partial charge in [0.1, 0.15) is 5.82 Å². The minimum atomic E-state index is -4.67. The molecule has 152 valence electrons. The predicted octanol–water partition coefficient (Wildman–Crippen LogP) is 2.95. The van der Waals surface area contributed by atoms with Crippen LogP contribution in [-0.2, 0) is 17.5 Å². The Morgan fingerprint density at radius 1 is 1.14 bits per heavy atom. The lowest BCUT2D eigenvalue weighted by Crippen LogP contribution is -2.50. The number of hydrogen-bond donors (Lipinski definition) is 0. The maximum absolute atomic E-state index is 13.0. The zero-order valence-corrected chi connectivity index (χ0v) is 16.1. The molecule has 1 aliphatic heterocycles. The summed E-state index contributed by atoms with van der Waals surface area (Å²) >= 11 is 5.88. The van der Waals surface area contributed by atoms with Crippen LogP contribution in [0.4, 0.5) is 19.0 Å². The van der Waals surface area contributed by atoms with E-state index in [2.05, 4.69) is 15.1 Å². The van der Waals surface area contributed by atoms with E-state index < -0.39 is 12.0 Å². The molecule has 1 aliphatic rings. The van der Waals surface area contributed by atoms with E-state index in [0.29, 0.717) is 36.2 Å². The first-order chi connectivity index (χ1) is 13.7. The number of nitrogens with zero attached hydrogens (tertiary/aromatic N) is 6. The molecule has 0 N–H and O–H groups in total. The van der Waals surface area contributed by atoms with E-state index in [1.165, 1.54) is 0 Å². The molecule has 0 unspecified atom stereocenters. The molecule has 3 aromatic rings. The van der Waals surface area contributed by atoms with Crippen LogP contribution in [0.15, 0.2) is 30.3 Å². The Hall–Kier alpha value is -2.88. The van der Waals surface area contributed by atoms with Crippen LogP contribution in [0.2, 0.25) is 5.02 Å². The largest absolute Gasteiger partial charge is 0.453 e. The number of benzene rings is 1. The smallest absolute Gasteiger partial charge is 0.345 e. The minimum Gasteiger partial charge on any atom is -0.345 e. The highest BCUT2D eigenvalue weighted by Crippen LogP contribution is 2.28. The molecule has 0 aliphatic carbocycles. The standard InChI is InChI=1S/C18H16ClF3N6O/c1-11-8-14(28-17(23-11)24-16(25-28)18(20,21)22)26-6-7-27(15(29)10-26)9-12-2-4-13(19)5-3-12/h2-5,8H,6-7,9-10H2,1H3. The second kappa shape index (κ2) is 7.18. The average molecular weight is 425 g/mol. The third kappa shape index (κ3) is 3.98. The molecule has 2 aromatic heterocycles. The summed E-state index contributed by atoms with van der Waals surface area (Å²) in [7, 11) is 0. The molecule has 0 bridgehead atoms. The summed E-state index contributed by atoms with van der Waals surface area (Å²) in [5.41, 5.74) is 1.44. The van der Waals surface area contributed by atoms with Crippen LogP contribution in [0, 0.1) is 6.92 Å². The fourth-order valence-corrected chi connectivity index (χ4v) is 3.32. The Labute approximate surface area is 168 Å². The Kier molecular flexibility index (Phi) is 4.81. The van der Waals surface area contributed by atoms with Crippen molar-refractivity contribution in [3.05, 3.63) is 52.4 Å². The van der Waals surface area contributed by atoms with E-state index in [1.54, 1.807) is 34.9 Å². The Morgan fingerprint density at radius 2 is 1.86 bits per heavy atom. The fraction of sp³-hybridized carbons (Fsp3) is 0.333. The maximum Gasteiger partial charge on any atom is 0.453 e. The van der Waals surface area contributed by atoms with Crippen LogP contribution in [0.1, 0.15) is 17.1 Å². The summed E-state index contributed by atoms with van der Waals surface area (Å²) in [4.78, 5) is 23.5. The molecule has 3 heterocycles. The van der Waals surface area contributed by atoms with Crippen LogP contribution in [-0.4, -0.2) is 50.0 Å². The van der Waals surface area contributed by atoms with Gasteiger partial charge in [-0.1, -0.05) is 23.7 Å². The van der Waals surface area contributed by atoms with E-state index in [4.69, 9.17) is 11.6 Å². The first kappa shape index (κ1) is 19.4. The molecule has 0 spiro atoms. The molecular weight excluding hydrogens is 409 g/mol. The number of fused-ring (bicyclic) bond motifs is 1. The first-order valence-corrected chi connectivity index (χ1v) is 9.17. The van der Waals surface area contributed by atoms with Gasteiger partial charge < -0.3 is 9.80 Å². The van der Waals surface area contributed by atoms with Crippen LogP contribution in [0.5, 0.6) is 0 Å². The number of halogens is 4. The second-order valence-corrected chi connectivity index (χ2v) is 7.20. The lowest BCUT2D eigenvalue weighted by atomic mass is 10.2. The Bertz CT molecular complexity index is 1070. The summed E-state index contributed by atoms with van der Waals surface area (Å²) in [5, 5.41) is 4.18. The molecule has 29 heavy (non-hydrogen) atoms. The molecular formula is C18H16ClF3N6O. The van der Waals surface area contributed by atoms with Crippen molar-refractivity contribution < 1.29 is 18.0 Å². The van der Waals surface area contributed by atoms with Crippen molar-refractivity contribution in [1.29, 1.82) is 0 Å². The van der Waals surface area contributed by atoms with Gasteiger partial charge in [-0.3, -0.25) is 4.79 Å². The first-order valence-electron chi connectivity index (χ1n) is 8.79. The molecule has 1 amide bonds. The lowest BCUT2D eigenvalue weighted by Gasteiger charge is -2.35. The monoisotopic (exact) mass is 424 g/mol. The van der Waals surface area contributed by atoms with Gasteiger partial charge in [-0.25, -0.2) is 4.98 Å². The molecule has 1 saturated heterocycles. The number of carbonyl (C=O) groups excluding carboxylic acids is 1. The third-order valence-corrected chi connectivity index (χ3v) is 4.86. The Balaban J connectivity index is 1.57. The van der Waals surface area contributed by atoms with E-state index in [-0.39, 0.29) is 18.2 Å². The summed E-state index contributed by atoms with van der Waals surface area (Å²) < 4.78 is 40.0. The van der Waals surface area contributed by atoms with Crippen molar-refractivity contribution in [2.24, 2.45) is 0 Å². The van der Waals surface area contributed by atoms with Gasteiger partial charge in [0.25, 0.3) is 11.6 Å². The number of aromatic nitrogens is 4. The molecule has 11 heteroatoms. The van der Waals surface area contributed by atoms with E-state index in [1.807, 2.05) is 12.1 Å². The van der Waals surface area contributed by atoms with Crippen LogP contribution in [0.3, 0.4) is 0 Å². The summed E-state index contributed by atoms with van der Waals surface area (Å²) in [6.07, 6.45) is -4.67. The average Bonchev–Trinajstić information content (AvgIpc) is 3.09. The van der Waals surface area contributed by atoms with E-state index in [9.17, 15) is 18.0 Å². The highest BCUT2D eigenvalue weighted by molar-refractivity contribution is 6.30. The zero-order chi connectivity index (χ0) is 20.8. The van der Waals surface area contributed by atoms with Crippen molar-refractivity contribution in [1.82, 2.24) is 24.5 Å². The predicted molar refractivity (Wildman–Crippen MR) is 99.6 cm³/mol. The summed E-state index contributed by atoms with van der Waals surface area (Å²) in [5.74, 6) is -1.19.